The number of hydrogen-bond donors (Lipinski definition) is 1. The molecule has 4 heteroatoms. The van der Waals surface area contributed by atoms with E-state index in [1.54, 1.807) is 11.3 Å². The highest BCUT2D eigenvalue weighted by Gasteiger charge is 2.34. The van der Waals surface area contributed by atoms with Crippen LogP contribution in [0, 0.1) is 12.3 Å². The van der Waals surface area contributed by atoms with Crippen molar-refractivity contribution >= 4 is 11.3 Å². The van der Waals surface area contributed by atoms with E-state index in [1.807, 2.05) is 0 Å². The predicted molar refractivity (Wildman–Crippen MR) is 87.2 cm³/mol. The number of aryl methyl sites for hydroxylation is 1. The van der Waals surface area contributed by atoms with Gasteiger partial charge in [0.1, 0.15) is 0 Å². The van der Waals surface area contributed by atoms with Gasteiger partial charge in [-0.25, -0.2) is 4.98 Å². The second-order valence-corrected chi connectivity index (χ2v) is 8.34. The molecule has 2 heterocycles. The molecular weight excluding hydrogens is 278 g/mol. The molecule has 112 valence electrons. The Morgan fingerprint density at radius 1 is 1.38 bits per heavy atom. The average molecular weight is 301 g/mol. The van der Waals surface area contributed by atoms with Crippen LogP contribution in [0.5, 0.6) is 0 Å². The van der Waals surface area contributed by atoms with Crippen LogP contribution < -0.4 is 5.73 Å². The van der Waals surface area contributed by atoms with Crippen LogP contribution in [0.15, 0.2) is 11.4 Å². The van der Waals surface area contributed by atoms with Gasteiger partial charge in [0, 0.05) is 28.7 Å². The van der Waals surface area contributed by atoms with Crippen molar-refractivity contribution in [3.63, 3.8) is 0 Å². The zero-order chi connectivity index (χ0) is 14.8. The van der Waals surface area contributed by atoms with Gasteiger partial charge in [-0.15, -0.1) is 11.3 Å². The molecule has 4 rings (SSSR count). The normalized spacial score (nSPS) is 24.1. The molecular formula is C17H23N3S. The van der Waals surface area contributed by atoms with E-state index in [9.17, 15) is 0 Å². The third-order valence-electron chi connectivity index (χ3n) is 4.83. The summed E-state index contributed by atoms with van der Waals surface area (Å²) < 4.78 is 2.35. The molecule has 2 aromatic heterocycles. The Bertz CT molecular complexity index is 691. The van der Waals surface area contributed by atoms with E-state index in [4.69, 9.17) is 10.7 Å². The topological polar surface area (TPSA) is 43.8 Å². The molecule has 2 aliphatic rings. The Labute approximate surface area is 130 Å². The molecule has 0 saturated heterocycles. The summed E-state index contributed by atoms with van der Waals surface area (Å²) in [7, 11) is 0. The van der Waals surface area contributed by atoms with Gasteiger partial charge in [-0.05, 0) is 49.7 Å². The number of nitrogens with zero attached hydrogens (tertiary/aromatic N) is 2. The van der Waals surface area contributed by atoms with Crippen molar-refractivity contribution in [2.24, 2.45) is 11.1 Å². The second kappa shape index (κ2) is 4.43. The van der Waals surface area contributed by atoms with E-state index in [-0.39, 0.29) is 11.5 Å². The van der Waals surface area contributed by atoms with Gasteiger partial charge < -0.3 is 5.73 Å². The van der Waals surface area contributed by atoms with Crippen LogP contribution in [-0.2, 0) is 6.42 Å². The highest BCUT2D eigenvalue weighted by Crippen LogP contribution is 2.44. The lowest BCUT2D eigenvalue weighted by Crippen LogP contribution is -2.30. The zero-order valence-corrected chi connectivity index (χ0v) is 13.8. The molecule has 1 atom stereocenters. The Morgan fingerprint density at radius 2 is 2.14 bits per heavy atom. The molecule has 1 unspecified atom stereocenters. The monoisotopic (exact) mass is 301 g/mol. The van der Waals surface area contributed by atoms with Gasteiger partial charge in [0.05, 0.1) is 5.69 Å². The van der Waals surface area contributed by atoms with Crippen LogP contribution in [-0.4, -0.2) is 9.55 Å². The van der Waals surface area contributed by atoms with E-state index in [2.05, 4.69) is 36.8 Å². The number of thiazole rings is 1. The summed E-state index contributed by atoms with van der Waals surface area (Å²) in [5, 5.41) is 3.37. The molecule has 2 aliphatic carbocycles. The molecule has 2 N–H and O–H groups in total. The van der Waals surface area contributed by atoms with Crippen molar-refractivity contribution in [3.8, 4) is 5.13 Å². The third-order valence-corrected chi connectivity index (χ3v) is 5.68. The first-order valence-corrected chi connectivity index (χ1v) is 8.75. The van der Waals surface area contributed by atoms with Gasteiger partial charge in [-0.2, -0.15) is 0 Å². The fourth-order valence-electron chi connectivity index (χ4n) is 3.66. The van der Waals surface area contributed by atoms with Crippen molar-refractivity contribution < 1.29 is 0 Å². The number of nitrogens with two attached hydrogens (primary N) is 1. The lowest BCUT2D eigenvalue weighted by molar-refractivity contribution is 0.278. The maximum Gasteiger partial charge on any atom is 0.194 e. The molecule has 1 saturated carbocycles. The Kier molecular flexibility index (Phi) is 2.86. The summed E-state index contributed by atoms with van der Waals surface area (Å²) in [5.41, 5.74) is 12.0. The van der Waals surface area contributed by atoms with Crippen LogP contribution in [0.1, 0.15) is 67.7 Å². The summed E-state index contributed by atoms with van der Waals surface area (Å²) in [5.74, 6) is 0.723. The fourth-order valence-corrected chi connectivity index (χ4v) is 4.65. The summed E-state index contributed by atoms with van der Waals surface area (Å²) in [6, 6.07) is 2.43. The van der Waals surface area contributed by atoms with Crippen LogP contribution in [0.25, 0.3) is 5.13 Å². The minimum atomic E-state index is 0.159. The smallest absolute Gasteiger partial charge is 0.194 e. The minimum absolute atomic E-state index is 0.159. The lowest BCUT2D eigenvalue weighted by Gasteiger charge is -2.34. The molecule has 1 fully saturated rings. The minimum Gasteiger partial charge on any atom is -0.324 e. The number of fused-ring (bicyclic) bond motifs is 1. The second-order valence-electron chi connectivity index (χ2n) is 7.50. The highest BCUT2D eigenvalue weighted by molar-refractivity contribution is 7.12. The van der Waals surface area contributed by atoms with Crippen LogP contribution >= 0.6 is 11.3 Å². The van der Waals surface area contributed by atoms with E-state index in [0.717, 1.165) is 23.9 Å². The lowest BCUT2D eigenvalue weighted by atomic mass is 9.74. The molecule has 3 nitrogen and oxygen atoms in total. The zero-order valence-electron chi connectivity index (χ0n) is 13.0. The van der Waals surface area contributed by atoms with E-state index >= 15 is 0 Å². The molecule has 0 spiro atoms. The molecule has 0 bridgehead atoms. The number of rotatable bonds is 2. The van der Waals surface area contributed by atoms with Crippen molar-refractivity contribution in [2.75, 3.05) is 0 Å². The van der Waals surface area contributed by atoms with E-state index in [1.165, 1.54) is 35.5 Å². The van der Waals surface area contributed by atoms with Crippen molar-refractivity contribution in [2.45, 2.75) is 58.4 Å². The molecule has 0 aromatic carbocycles. The molecule has 21 heavy (non-hydrogen) atoms. The number of aromatic nitrogens is 2. The standard InChI is InChI=1S/C17H23N3S/c1-10-6-12-13(18)7-17(2,3)8-15(12)20(10)16-19-14(9-21-16)11-4-5-11/h6,9,11,13H,4-5,7-8,18H2,1-3H3. The summed E-state index contributed by atoms with van der Waals surface area (Å²) >= 11 is 1.77. The van der Waals surface area contributed by atoms with E-state index < -0.39 is 0 Å². The quantitative estimate of drug-likeness (QED) is 0.908. The van der Waals surface area contributed by atoms with Crippen LogP contribution in [0.4, 0.5) is 0 Å². The Morgan fingerprint density at radius 3 is 2.86 bits per heavy atom. The first-order chi connectivity index (χ1) is 9.94. The van der Waals surface area contributed by atoms with Gasteiger partial charge >= 0.3 is 0 Å². The Hall–Kier alpha value is -1.13. The van der Waals surface area contributed by atoms with Gasteiger partial charge in [0.25, 0.3) is 0 Å². The van der Waals surface area contributed by atoms with Crippen LogP contribution in [0.3, 0.4) is 0 Å². The fraction of sp³-hybridized carbons (Fsp3) is 0.588. The van der Waals surface area contributed by atoms with Crippen molar-refractivity contribution in [1.29, 1.82) is 0 Å². The number of hydrogen-bond acceptors (Lipinski definition) is 3. The van der Waals surface area contributed by atoms with Crippen LogP contribution in [0.2, 0.25) is 0 Å². The molecule has 0 aliphatic heterocycles. The van der Waals surface area contributed by atoms with Gasteiger partial charge in [-0.1, -0.05) is 13.8 Å². The summed E-state index contributed by atoms with van der Waals surface area (Å²) in [6.07, 6.45) is 4.77. The maximum atomic E-state index is 6.42. The summed E-state index contributed by atoms with van der Waals surface area (Å²) in [4.78, 5) is 4.90. The maximum absolute atomic E-state index is 6.42. The molecule has 2 aromatic rings. The van der Waals surface area contributed by atoms with Gasteiger partial charge in [-0.3, -0.25) is 4.57 Å². The van der Waals surface area contributed by atoms with Gasteiger partial charge in [0.15, 0.2) is 5.13 Å². The molecule has 0 radical (unpaired) electrons. The van der Waals surface area contributed by atoms with E-state index in [0.29, 0.717) is 0 Å². The highest BCUT2D eigenvalue weighted by atomic mass is 32.1. The first kappa shape index (κ1) is 13.5. The summed E-state index contributed by atoms with van der Waals surface area (Å²) in [6.45, 7) is 6.82. The average Bonchev–Trinajstić information content (AvgIpc) is 3.03. The Balaban J connectivity index is 1.81. The molecule has 0 amide bonds. The van der Waals surface area contributed by atoms with Gasteiger partial charge in [0.2, 0.25) is 0 Å². The first-order valence-electron chi connectivity index (χ1n) is 7.87. The van der Waals surface area contributed by atoms with Crippen molar-refractivity contribution in [1.82, 2.24) is 9.55 Å². The van der Waals surface area contributed by atoms with Crippen molar-refractivity contribution in [3.05, 3.63) is 34.1 Å². The largest absolute Gasteiger partial charge is 0.324 e. The predicted octanol–water partition coefficient (Wildman–Crippen LogP) is 4.09. The SMILES string of the molecule is Cc1cc2c(n1-c1nc(C3CC3)cs1)CC(C)(C)CC2N. The third kappa shape index (κ3) is 2.25.